The van der Waals surface area contributed by atoms with Gasteiger partial charge >= 0.3 is 0 Å². The van der Waals surface area contributed by atoms with E-state index in [2.05, 4.69) is 20.8 Å². The molecule has 1 heterocycles. The molecule has 0 aliphatic carbocycles. The molecule has 1 amide bonds. The van der Waals surface area contributed by atoms with Crippen LogP contribution >= 0.6 is 0 Å². The highest BCUT2D eigenvalue weighted by atomic mass is 16.5. The molecular formula is C13H25NO2. The molecule has 0 aromatic heterocycles. The number of amides is 1. The van der Waals surface area contributed by atoms with Gasteiger partial charge in [0.2, 0.25) is 5.91 Å². The van der Waals surface area contributed by atoms with Crippen molar-refractivity contribution in [3.63, 3.8) is 0 Å². The third-order valence-corrected chi connectivity index (χ3v) is 2.78. The summed E-state index contributed by atoms with van der Waals surface area (Å²) in [5.41, 5.74) is 0.258. The van der Waals surface area contributed by atoms with Crippen LogP contribution in [0.4, 0.5) is 0 Å². The van der Waals surface area contributed by atoms with Crippen LogP contribution in [-0.2, 0) is 9.53 Å². The van der Waals surface area contributed by atoms with E-state index in [1.807, 2.05) is 18.7 Å². The van der Waals surface area contributed by atoms with Crippen LogP contribution in [-0.4, -0.2) is 36.6 Å². The van der Waals surface area contributed by atoms with Crippen molar-refractivity contribution in [3.8, 4) is 0 Å². The van der Waals surface area contributed by atoms with Crippen LogP contribution in [0.25, 0.3) is 0 Å². The van der Waals surface area contributed by atoms with Gasteiger partial charge in [-0.3, -0.25) is 4.79 Å². The van der Waals surface area contributed by atoms with Gasteiger partial charge in [0, 0.05) is 19.0 Å². The fourth-order valence-corrected chi connectivity index (χ4v) is 2.09. The second-order valence-corrected chi connectivity index (χ2v) is 6.20. The Bertz CT molecular complexity index is 243. The molecule has 1 unspecified atom stereocenters. The van der Waals surface area contributed by atoms with E-state index in [1.54, 1.807) is 0 Å². The second-order valence-electron chi connectivity index (χ2n) is 6.20. The summed E-state index contributed by atoms with van der Waals surface area (Å²) in [7, 11) is 0. The van der Waals surface area contributed by atoms with Gasteiger partial charge in [0.25, 0.3) is 0 Å². The Balaban J connectivity index is 2.50. The molecule has 1 saturated heterocycles. The van der Waals surface area contributed by atoms with Crippen molar-refractivity contribution in [2.45, 2.75) is 47.1 Å². The summed E-state index contributed by atoms with van der Waals surface area (Å²) in [5, 5.41) is 0. The van der Waals surface area contributed by atoms with E-state index in [1.165, 1.54) is 0 Å². The second kappa shape index (κ2) is 5.17. The number of hydrogen-bond donors (Lipinski definition) is 0. The minimum absolute atomic E-state index is 0.0911. The summed E-state index contributed by atoms with van der Waals surface area (Å²) in [6, 6.07) is 0. The zero-order valence-corrected chi connectivity index (χ0v) is 11.2. The molecule has 3 nitrogen and oxygen atoms in total. The lowest BCUT2D eigenvalue weighted by atomic mass is 9.88. The molecule has 16 heavy (non-hydrogen) atoms. The summed E-state index contributed by atoms with van der Waals surface area (Å²) in [4.78, 5) is 13.8. The van der Waals surface area contributed by atoms with Crippen LogP contribution in [0, 0.1) is 11.3 Å². The number of rotatable bonds is 2. The predicted molar refractivity (Wildman–Crippen MR) is 65.2 cm³/mol. The molecule has 3 heteroatoms. The number of carbonyl (C=O) groups excluding carboxylic acids is 1. The molecule has 0 aromatic carbocycles. The van der Waals surface area contributed by atoms with Crippen LogP contribution in [0.3, 0.4) is 0 Å². The van der Waals surface area contributed by atoms with E-state index in [4.69, 9.17) is 4.74 Å². The van der Waals surface area contributed by atoms with Crippen LogP contribution in [0.2, 0.25) is 0 Å². The lowest BCUT2D eigenvalue weighted by molar-refractivity contribution is -0.143. The Morgan fingerprint density at radius 1 is 1.44 bits per heavy atom. The van der Waals surface area contributed by atoms with Crippen LogP contribution in [0.15, 0.2) is 0 Å². The maximum Gasteiger partial charge on any atom is 0.225 e. The summed E-state index contributed by atoms with van der Waals surface area (Å²) in [6.07, 6.45) is 1.21. The molecular weight excluding hydrogens is 202 g/mol. The highest BCUT2D eigenvalue weighted by Crippen LogP contribution is 2.24. The molecule has 0 bridgehead atoms. The third kappa shape index (κ3) is 4.12. The van der Waals surface area contributed by atoms with Crippen molar-refractivity contribution in [1.29, 1.82) is 0 Å². The molecule has 0 spiro atoms. The minimum atomic E-state index is 0.0911. The maximum atomic E-state index is 11.9. The van der Waals surface area contributed by atoms with Gasteiger partial charge < -0.3 is 9.64 Å². The SMILES string of the molecule is CC(C)C(=O)N1CCOC(CC(C)(C)C)C1. The number of hydrogen-bond acceptors (Lipinski definition) is 2. The van der Waals surface area contributed by atoms with Crippen LogP contribution in [0.1, 0.15) is 41.0 Å². The van der Waals surface area contributed by atoms with E-state index in [-0.39, 0.29) is 23.3 Å². The minimum Gasteiger partial charge on any atom is -0.375 e. The summed E-state index contributed by atoms with van der Waals surface area (Å²) >= 11 is 0. The molecule has 1 aliphatic rings. The normalized spacial score (nSPS) is 22.6. The molecule has 1 atom stereocenters. The number of morpholine rings is 1. The molecule has 0 radical (unpaired) electrons. The first-order valence-corrected chi connectivity index (χ1v) is 6.20. The topological polar surface area (TPSA) is 29.5 Å². The van der Waals surface area contributed by atoms with Gasteiger partial charge in [0.05, 0.1) is 12.7 Å². The molecule has 1 rings (SSSR count). The van der Waals surface area contributed by atoms with Gasteiger partial charge in [-0.15, -0.1) is 0 Å². The zero-order chi connectivity index (χ0) is 12.3. The summed E-state index contributed by atoms with van der Waals surface area (Å²) < 4.78 is 5.72. The number of nitrogens with zero attached hydrogens (tertiary/aromatic N) is 1. The molecule has 1 aliphatic heterocycles. The number of carbonyl (C=O) groups is 1. The predicted octanol–water partition coefficient (Wildman–Crippen LogP) is 2.31. The third-order valence-electron chi connectivity index (χ3n) is 2.78. The van der Waals surface area contributed by atoms with E-state index < -0.39 is 0 Å². The monoisotopic (exact) mass is 227 g/mol. The van der Waals surface area contributed by atoms with Gasteiger partial charge in [-0.1, -0.05) is 34.6 Å². The average Bonchev–Trinajstić information content (AvgIpc) is 2.14. The first-order chi connectivity index (χ1) is 7.29. The Morgan fingerprint density at radius 3 is 2.56 bits per heavy atom. The fraction of sp³-hybridized carbons (Fsp3) is 0.923. The van der Waals surface area contributed by atoms with E-state index in [9.17, 15) is 4.79 Å². The highest BCUT2D eigenvalue weighted by Gasteiger charge is 2.28. The molecule has 1 fully saturated rings. The maximum absolute atomic E-state index is 11.9. The fourth-order valence-electron chi connectivity index (χ4n) is 2.09. The van der Waals surface area contributed by atoms with E-state index >= 15 is 0 Å². The van der Waals surface area contributed by atoms with Crippen molar-refractivity contribution >= 4 is 5.91 Å². The van der Waals surface area contributed by atoms with Crippen molar-refractivity contribution in [2.75, 3.05) is 19.7 Å². The van der Waals surface area contributed by atoms with Crippen LogP contribution in [0.5, 0.6) is 0 Å². The largest absolute Gasteiger partial charge is 0.375 e. The van der Waals surface area contributed by atoms with Gasteiger partial charge in [0.15, 0.2) is 0 Å². The van der Waals surface area contributed by atoms with Gasteiger partial charge in [-0.05, 0) is 11.8 Å². The van der Waals surface area contributed by atoms with Crippen molar-refractivity contribution in [2.24, 2.45) is 11.3 Å². The molecule has 0 aromatic rings. The Kier molecular flexibility index (Phi) is 4.36. The van der Waals surface area contributed by atoms with Crippen LogP contribution < -0.4 is 0 Å². The lowest BCUT2D eigenvalue weighted by Crippen LogP contribution is -2.47. The van der Waals surface area contributed by atoms with Crippen molar-refractivity contribution < 1.29 is 9.53 Å². The Morgan fingerprint density at radius 2 is 2.06 bits per heavy atom. The highest BCUT2D eigenvalue weighted by molar-refractivity contribution is 5.78. The number of ether oxygens (including phenoxy) is 1. The zero-order valence-electron chi connectivity index (χ0n) is 11.2. The smallest absolute Gasteiger partial charge is 0.225 e. The van der Waals surface area contributed by atoms with E-state index in [0.29, 0.717) is 6.61 Å². The average molecular weight is 227 g/mol. The molecule has 0 saturated carbocycles. The Hall–Kier alpha value is -0.570. The lowest BCUT2D eigenvalue weighted by Gasteiger charge is -2.36. The quantitative estimate of drug-likeness (QED) is 0.724. The van der Waals surface area contributed by atoms with Crippen molar-refractivity contribution in [3.05, 3.63) is 0 Å². The molecule has 0 N–H and O–H groups in total. The standard InChI is InChI=1S/C13H25NO2/c1-10(2)12(15)14-6-7-16-11(9-14)8-13(3,4)5/h10-11H,6-9H2,1-5H3. The summed E-state index contributed by atoms with van der Waals surface area (Å²) in [5.74, 6) is 0.343. The van der Waals surface area contributed by atoms with Gasteiger partial charge in [-0.25, -0.2) is 0 Å². The summed E-state index contributed by atoms with van der Waals surface area (Å²) in [6.45, 7) is 12.7. The van der Waals surface area contributed by atoms with Gasteiger partial charge in [0.1, 0.15) is 0 Å². The first-order valence-electron chi connectivity index (χ1n) is 6.20. The molecule has 94 valence electrons. The van der Waals surface area contributed by atoms with E-state index in [0.717, 1.165) is 19.5 Å². The van der Waals surface area contributed by atoms with Crippen molar-refractivity contribution in [1.82, 2.24) is 4.90 Å². The first kappa shape index (κ1) is 13.5. The van der Waals surface area contributed by atoms with Gasteiger partial charge in [-0.2, -0.15) is 0 Å². The Labute approximate surface area is 99.1 Å².